The van der Waals surface area contributed by atoms with Crippen molar-refractivity contribution < 1.29 is 9.59 Å². The molecule has 0 radical (unpaired) electrons. The summed E-state index contributed by atoms with van der Waals surface area (Å²) in [6, 6.07) is 0. The molecule has 128 valence electrons. The standard InChI is InChI=1S/C18H28N2O2S/c1-6-18(4,5)11-7-8-12-13(9-11)23-17(14(12)15(19)21)20-16(22)10(2)3/h10-11H,6-9H2,1-5H3,(H2,19,21)(H,20,22)/t11-/m1/s1. The zero-order chi connectivity index (χ0) is 17.4. The smallest absolute Gasteiger partial charge is 0.251 e. The van der Waals surface area contributed by atoms with Gasteiger partial charge in [-0.3, -0.25) is 9.59 Å². The van der Waals surface area contributed by atoms with E-state index in [0.717, 1.165) is 31.2 Å². The van der Waals surface area contributed by atoms with Crippen LogP contribution in [0.3, 0.4) is 0 Å². The van der Waals surface area contributed by atoms with Crippen LogP contribution >= 0.6 is 11.3 Å². The molecule has 1 aliphatic carbocycles. The number of carbonyl (C=O) groups is 2. The molecule has 23 heavy (non-hydrogen) atoms. The number of fused-ring (bicyclic) bond motifs is 1. The molecule has 5 heteroatoms. The average Bonchev–Trinajstić information content (AvgIpc) is 2.83. The molecule has 2 rings (SSSR count). The summed E-state index contributed by atoms with van der Waals surface area (Å²) in [5.74, 6) is -0.0269. The maximum absolute atomic E-state index is 12.0. The summed E-state index contributed by atoms with van der Waals surface area (Å²) in [6.45, 7) is 10.5. The van der Waals surface area contributed by atoms with Gasteiger partial charge in [0.25, 0.3) is 5.91 Å². The molecule has 0 spiro atoms. The van der Waals surface area contributed by atoms with Crippen molar-refractivity contribution in [1.82, 2.24) is 0 Å². The van der Waals surface area contributed by atoms with E-state index < -0.39 is 5.91 Å². The van der Waals surface area contributed by atoms with Crippen LogP contribution in [0.25, 0.3) is 0 Å². The summed E-state index contributed by atoms with van der Waals surface area (Å²) in [5, 5.41) is 3.53. The van der Waals surface area contributed by atoms with Crippen molar-refractivity contribution in [3.63, 3.8) is 0 Å². The van der Waals surface area contributed by atoms with E-state index in [1.165, 1.54) is 16.2 Å². The van der Waals surface area contributed by atoms with E-state index in [-0.39, 0.29) is 17.2 Å². The third kappa shape index (κ3) is 3.60. The monoisotopic (exact) mass is 336 g/mol. The number of hydrogen-bond donors (Lipinski definition) is 2. The molecule has 3 N–H and O–H groups in total. The average molecular weight is 337 g/mol. The number of rotatable bonds is 5. The fraction of sp³-hybridized carbons (Fsp3) is 0.667. The summed E-state index contributed by atoms with van der Waals surface area (Å²) in [6.07, 6.45) is 4.05. The molecule has 1 aliphatic rings. The molecule has 2 amide bonds. The van der Waals surface area contributed by atoms with Crippen molar-refractivity contribution in [2.45, 2.75) is 60.3 Å². The Bertz CT molecular complexity index is 617. The molecule has 0 aliphatic heterocycles. The van der Waals surface area contributed by atoms with E-state index in [4.69, 9.17) is 5.73 Å². The van der Waals surface area contributed by atoms with E-state index in [2.05, 4.69) is 26.1 Å². The largest absolute Gasteiger partial charge is 0.365 e. The minimum atomic E-state index is -0.435. The fourth-order valence-corrected chi connectivity index (χ4v) is 4.48. The molecule has 0 bridgehead atoms. The van der Waals surface area contributed by atoms with E-state index in [0.29, 0.717) is 16.5 Å². The summed E-state index contributed by atoms with van der Waals surface area (Å²) in [5.41, 5.74) is 7.48. The van der Waals surface area contributed by atoms with Crippen molar-refractivity contribution in [1.29, 1.82) is 0 Å². The zero-order valence-electron chi connectivity index (χ0n) is 14.8. The molecule has 0 unspecified atom stereocenters. The van der Waals surface area contributed by atoms with Crippen molar-refractivity contribution >= 4 is 28.2 Å². The van der Waals surface area contributed by atoms with Gasteiger partial charge in [-0.15, -0.1) is 11.3 Å². The molecule has 4 nitrogen and oxygen atoms in total. The Morgan fingerprint density at radius 3 is 2.57 bits per heavy atom. The molecular weight excluding hydrogens is 308 g/mol. The van der Waals surface area contributed by atoms with E-state index in [9.17, 15) is 9.59 Å². The molecule has 0 saturated heterocycles. The van der Waals surface area contributed by atoms with E-state index in [1.54, 1.807) is 0 Å². The van der Waals surface area contributed by atoms with Crippen molar-refractivity contribution in [2.75, 3.05) is 5.32 Å². The van der Waals surface area contributed by atoms with Gasteiger partial charge < -0.3 is 11.1 Å². The van der Waals surface area contributed by atoms with Crippen LogP contribution in [0.2, 0.25) is 0 Å². The minimum absolute atomic E-state index is 0.0727. The predicted octanol–water partition coefficient (Wildman–Crippen LogP) is 3.98. The number of primary amides is 1. The minimum Gasteiger partial charge on any atom is -0.365 e. The highest BCUT2D eigenvalue weighted by Gasteiger charge is 2.35. The Morgan fingerprint density at radius 1 is 1.39 bits per heavy atom. The second-order valence-electron chi connectivity index (χ2n) is 7.50. The van der Waals surface area contributed by atoms with Gasteiger partial charge in [-0.2, -0.15) is 0 Å². The van der Waals surface area contributed by atoms with Crippen LogP contribution < -0.4 is 11.1 Å². The number of amides is 2. The van der Waals surface area contributed by atoms with Crippen LogP contribution in [0.1, 0.15) is 68.3 Å². The topological polar surface area (TPSA) is 72.2 Å². The summed E-state index contributed by atoms with van der Waals surface area (Å²) >= 11 is 1.53. The lowest BCUT2D eigenvalue weighted by atomic mass is 9.69. The Labute approximate surface area is 142 Å². The van der Waals surface area contributed by atoms with E-state index in [1.807, 2.05) is 13.8 Å². The third-order valence-electron chi connectivity index (χ3n) is 5.29. The van der Waals surface area contributed by atoms with Crippen LogP contribution in [0.5, 0.6) is 0 Å². The van der Waals surface area contributed by atoms with Gasteiger partial charge in [-0.05, 0) is 36.2 Å². The number of thiophene rings is 1. The van der Waals surface area contributed by atoms with Crippen molar-refractivity contribution in [3.8, 4) is 0 Å². The van der Waals surface area contributed by atoms with Crippen LogP contribution in [0.4, 0.5) is 5.00 Å². The second-order valence-corrected chi connectivity index (χ2v) is 8.60. The van der Waals surface area contributed by atoms with Gasteiger partial charge in [0.05, 0.1) is 5.56 Å². The third-order valence-corrected chi connectivity index (χ3v) is 6.46. The zero-order valence-corrected chi connectivity index (χ0v) is 15.6. The van der Waals surface area contributed by atoms with Crippen molar-refractivity contribution in [2.24, 2.45) is 23.0 Å². The van der Waals surface area contributed by atoms with Crippen LogP contribution in [0.15, 0.2) is 0 Å². The van der Waals surface area contributed by atoms with Crippen LogP contribution in [-0.4, -0.2) is 11.8 Å². The summed E-state index contributed by atoms with van der Waals surface area (Å²) < 4.78 is 0. The summed E-state index contributed by atoms with van der Waals surface area (Å²) in [4.78, 5) is 25.1. The van der Waals surface area contributed by atoms with Gasteiger partial charge in [0.15, 0.2) is 0 Å². The van der Waals surface area contributed by atoms with Gasteiger partial charge in [-0.25, -0.2) is 0 Å². The lowest BCUT2D eigenvalue weighted by Crippen LogP contribution is -2.29. The Balaban J connectivity index is 2.35. The lowest BCUT2D eigenvalue weighted by molar-refractivity contribution is -0.118. The molecule has 0 aromatic carbocycles. The van der Waals surface area contributed by atoms with Gasteiger partial charge in [0, 0.05) is 10.8 Å². The van der Waals surface area contributed by atoms with Gasteiger partial charge in [-0.1, -0.05) is 41.0 Å². The first-order valence-corrected chi connectivity index (χ1v) is 9.24. The highest BCUT2D eigenvalue weighted by molar-refractivity contribution is 7.17. The number of nitrogens with two attached hydrogens (primary N) is 1. The Kier molecular flexibility index (Phi) is 5.19. The highest BCUT2D eigenvalue weighted by atomic mass is 32.1. The SMILES string of the molecule is CCC(C)(C)[C@@H]1CCc2c(sc(NC(=O)C(C)C)c2C(N)=O)C1. The molecule has 0 fully saturated rings. The second kappa shape index (κ2) is 6.63. The van der Waals surface area contributed by atoms with E-state index >= 15 is 0 Å². The maximum atomic E-state index is 12.0. The molecule has 1 atom stereocenters. The number of hydrogen-bond acceptors (Lipinski definition) is 3. The molecule has 1 aromatic heterocycles. The maximum Gasteiger partial charge on any atom is 0.251 e. The quantitative estimate of drug-likeness (QED) is 0.853. The summed E-state index contributed by atoms with van der Waals surface area (Å²) in [7, 11) is 0. The Hall–Kier alpha value is -1.36. The fourth-order valence-electron chi connectivity index (χ4n) is 3.15. The van der Waals surface area contributed by atoms with Gasteiger partial charge >= 0.3 is 0 Å². The van der Waals surface area contributed by atoms with Gasteiger partial charge in [0.1, 0.15) is 5.00 Å². The molecule has 1 heterocycles. The first-order valence-electron chi connectivity index (χ1n) is 8.42. The first kappa shape index (κ1) is 18.0. The normalized spacial score (nSPS) is 17.9. The first-order chi connectivity index (χ1) is 10.7. The molecule has 0 saturated carbocycles. The number of anilines is 1. The molecular formula is C18H28N2O2S. The number of carbonyl (C=O) groups excluding carboxylic acids is 2. The van der Waals surface area contributed by atoms with Crippen LogP contribution in [-0.2, 0) is 17.6 Å². The molecule has 1 aromatic rings. The van der Waals surface area contributed by atoms with Gasteiger partial charge in [0.2, 0.25) is 5.91 Å². The Morgan fingerprint density at radius 2 is 2.04 bits per heavy atom. The van der Waals surface area contributed by atoms with Crippen LogP contribution in [0, 0.1) is 17.3 Å². The highest BCUT2D eigenvalue weighted by Crippen LogP contribution is 2.45. The lowest BCUT2D eigenvalue weighted by Gasteiger charge is -2.36. The number of nitrogens with one attached hydrogen (secondary N) is 1. The predicted molar refractivity (Wildman–Crippen MR) is 95.9 cm³/mol. The van der Waals surface area contributed by atoms with Crippen molar-refractivity contribution in [3.05, 3.63) is 16.0 Å².